The van der Waals surface area contributed by atoms with E-state index in [4.69, 9.17) is 14.9 Å². The van der Waals surface area contributed by atoms with Crippen LogP contribution in [-0.4, -0.2) is 44.1 Å². The molecule has 3 rings (SSSR count). The van der Waals surface area contributed by atoms with Gasteiger partial charge in [-0.05, 0) is 43.4 Å². The van der Waals surface area contributed by atoms with Crippen LogP contribution >= 0.6 is 0 Å². The van der Waals surface area contributed by atoms with Crippen molar-refractivity contribution < 1.29 is 18.3 Å². The van der Waals surface area contributed by atoms with Crippen molar-refractivity contribution in [1.82, 2.24) is 9.80 Å². The van der Waals surface area contributed by atoms with Crippen LogP contribution < -0.4 is 16.1 Å². The molecule has 2 aromatic carbocycles. The third kappa shape index (κ3) is 4.44. The number of anilines is 1. The monoisotopic (exact) mass is 413 g/mol. The predicted molar refractivity (Wildman–Crippen MR) is 113 cm³/mol. The van der Waals surface area contributed by atoms with Crippen molar-refractivity contribution in [2.45, 2.75) is 13.0 Å². The molecule has 0 aliphatic carbocycles. The minimum Gasteiger partial charge on any atom is -0.422 e. The van der Waals surface area contributed by atoms with E-state index in [0.717, 1.165) is 5.56 Å². The van der Waals surface area contributed by atoms with Gasteiger partial charge in [0.1, 0.15) is 17.1 Å². The first-order chi connectivity index (χ1) is 14.2. The highest BCUT2D eigenvalue weighted by molar-refractivity contribution is 5.83. The lowest BCUT2D eigenvalue weighted by molar-refractivity contribution is 0.172. The van der Waals surface area contributed by atoms with Crippen molar-refractivity contribution in [2.75, 3.05) is 33.9 Å². The van der Waals surface area contributed by atoms with Crippen molar-refractivity contribution in [3.05, 3.63) is 69.3 Å². The van der Waals surface area contributed by atoms with E-state index in [9.17, 15) is 14.0 Å². The molecule has 30 heavy (non-hydrogen) atoms. The summed E-state index contributed by atoms with van der Waals surface area (Å²) < 4.78 is 25.2. The molecule has 7 nitrogen and oxygen atoms in total. The van der Waals surface area contributed by atoms with Crippen LogP contribution in [0, 0.1) is 5.82 Å². The molecule has 158 valence electrons. The molecule has 0 radical (unpaired) electrons. The number of amides is 1. The summed E-state index contributed by atoms with van der Waals surface area (Å²) in [6, 6.07) is 9.58. The van der Waals surface area contributed by atoms with Crippen LogP contribution in [0.4, 0.5) is 14.9 Å². The molecular formula is C22H24FN3O4. The van der Waals surface area contributed by atoms with Gasteiger partial charge in [0, 0.05) is 44.1 Å². The number of nitrogens with zero attached hydrogens (tertiary/aromatic N) is 2. The van der Waals surface area contributed by atoms with Crippen LogP contribution in [0.15, 0.2) is 45.6 Å². The van der Waals surface area contributed by atoms with Gasteiger partial charge in [0.2, 0.25) is 0 Å². The normalized spacial score (nSPS) is 11.1. The number of ether oxygens (including phenoxy) is 1. The van der Waals surface area contributed by atoms with Crippen molar-refractivity contribution in [2.24, 2.45) is 0 Å². The first-order valence-electron chi connectivity index (χ1n) is 9.32. The number of hydrogen-bond acceptors (Lipinski definition) is 6. The number of carbonyl (C=O) groups excluding carboxylic acids is 1. The molecule has 0 aliphatic heterocycles. The minimum atomic E-state index is -0.572. The summed E-state index contributed by atoms with van der Waals surface area (Å²) in [6.07, 6.45) is -0.491. The number of halogens is 1. The van der Waals surface area contributed by atoms with Crippen LogP contribution in [0.5, 0.6) is 5.75 Å². The van der Waals surface area contributed by atoms with Gasteiger partial charge in [-0.1, -0.05) is 12.1 Å². The second kappa shape index (κ2) is 8.54. The standard InChI is InChI=1S/C22H24FN3O4/c1-25(2)12-17-15-9-8-14(29-22(28)26(3)4)11-19(15)30-21(27)16(17)10-13-6-5-7-18(24)20(13)23/h5-9,11H,10,12,24H2,1-4H3. The van der Waals surface area contributed by atoms with Crippen LogP contribution in [0.1, 0.15) is 16.7 Å². The van der Waals surface area contributed by atoms with Crippen LogP contribution in [0.3, 0.4) is 0 Å². The number of rotatable bonds is 5. The van der Waals surface area contributed by atoms with Crippen molar-refractivity contribution in [3.63, 3.8) is 0 Å². The summed E-state index contributed by atoms with van der Waals surface area (Å²) in [5, 5.41) is 0.687. The van der Waals surface area contributed by atoms with Gasteiger partial charge in [-0.3, -0.25) is 0 Å². The highest BCUT2D eigenvalue weighted by Crippen LogP contribution is 2.28. The molecule has 3 aromatic rings. The Bertz CT molecular complexity index is 1160. The fourth-order valence-electron chi connectivity index (χ4n) is 3.14. The largest absolute Gasteiger partial charge is 0.422 e. The molecule has 0 fully saturated rings. The lowest BCUT2D eigenvalue weighted by Crippen LogP contribution is -2.25. The van der Waals surface area contributed by atoms with Gasteiger partial charge in [0.05, 0.1) is 5.69 Å². The van der Waals surface area contributed by atoms with Crippen molar-refractivity contribution in [3.8, 4) is 5.75 Å². The SMILES string of the molecule is CN(C)Cc1c(Cc2cccc(N)c2F)c(=O)oc2cc(OC(=O)N(C)C)ccc12. The average Bonchev–Trinajstić information content (AvgIpc) is 2.67. The Morgan fingerprint density at radius 1 is 1.13 bits per heavy atom. The van der Waals surface area contributed by atoms with E-state index < -0.39 is 17.5 Å². The van der Waals surface area contributed by atoms with E-state index in [1.54, 1.807) is 38.4 Å². The van der Waals surface area contributed by atoms with Crippen LogP contribution in [-0.2, 0) is 13.0 Å². The number of benzene rings is 2. The summed E-state index contributed by atoms with van der Waals surface area (Å²) in [7, 11) is 6.89. The summed E-state index contributed by atoms with van der Waals surface area (Å²) in [6.45, 7) is 0.443. The van der Waals surface area contributed by atoms with Crippen molar-refractivity contribution >= 4 is 22.7 Å². The van der Waals surface area contributed by atoms with Gasteiger partial charge in [0.15, 0.2) is 0 Å². The minimum absolute atomic E-state index is 0.0270. The predicted octanol–water partition coefficient (Wildman–Crippen LogP) is 3.23. The Kier molecular flexibility index (Phi) is 6.07. The highest BCUT2D eigenvalue weighted by Gasteiger charge is 2.19. The first kappa shape index (κ1) is 21.3. The molecule has 8 heteroatoms. The van der Waals surface area contributed by atoms with E-state index >= 15 is 0 Å². The average molecular weight is 413 g/mol. The fraction of sp³-hybridized carbons (Fsp3) is 0.273. The number of hydrogen-bond donors (Lipinski definition) is 1. The zero-order valence-corrected chi connectivity index (χ0v) is 17.4. The second-order valence-corrected chi connectivity index (χ2v) is 7.50. The highest BCUT2D eigenvalue weighted by atomic mass is 19.1. The van der Waals surface area contributed by atoms with Crippen LogP contribution in [0.2, 0.25) is 0 Å². The maximum absolute atomic E-state index is 14.4. The molecule has 2 N–H and O–H groups in total. The summed E-state index contributed by atoms with van der Waals surface area (Å²) in [4.78, 5) is 27.8. The third-order valence-corrected chi connectivity index (χ3v) is 4.61. The second-order valence-electron chi connectivity index (χ2n) is 7.50. The molecule has 0 bridgehead atoms. The third-order valence-electron chi connectivity index (χ3n) is 4.61. The van der Waals surface area contributed by atoms with Gasteiger partial charge >= 0.3 is 11.7 Å². The van der Waals surface area contributed by atoms with E-state index in [0.29, 0.717) is 23.1 Å². The van der Waals surface area contributed by atoms with E-state index in [2.05, 4.69) is 0 Å². The molecule has 1 amide bonds. The maximum atomic E-state index is 14.4. The molecule has 0 saturated carbocycles. The zero-order chi connectivity index (χ0) is 22.0. The Hall–Kier alpha value is -3.39. The lowest BCUT2D eigenvalue weighted by atomic mass is 9.97. The first-order valence-corrected chi connectivity index (χ1v) is 9.32. The smallest absolute Gasteiger partial charge is 0.414 e. The Morgan fingerprint density at radius 2 is 1.87 bits per heavy atom. The van der Waals surface area contributed by atoms with Crippen LogP contribution in [0.25, 0.3) is 11.0 Å². The van der Waals surface area contributed by atoms with E-state index in [1.807, 2.05) is 19.0 Å². The van der Waals surface area contributed by atoms with Gasteiger partial charge in [-0.25, -0.2) is 14.0 Å². The zero-order valence-electron chi connectivity index (χ0n) is 17.4. The van der Waals surface area contributed by atoms with Gasteiger partial charge in [0.25, 0.3) is 0 Å². The Balaban J connectivity index is 2.13. The van der Waals surface area contributed by atoms with Crippen molar-refractivity contribution in [1.29, 1.82) is 0 Å². The number of carbonyl (C=O) groups is 1. The van der Waals surface area contributed by atoms with E-state index in [1.165, 1.54) is 17.0 Å². The summed E-state index contributed by atoms with van der Waals surface area (Å²) >= 11 is 0. The summed E-state index contributed by atoms with van der Waals surface area (Å²) in [5.74, 6) is -0.284. The number of nitrogens with two attached hydrogens (primary N) is 1. The molecule has 1 heterocycles. The van der Waals surface area contributed by atoms with Gasteiger partial charge in [-0.15, -0.1) is 0 Å². The Morgan fingerprint density at radius 3 is 2.53 bits per heavy atom. The summed E-state index contributed by atoms with van der Waals surface area (Å²) in [5.41, 5.74) is 6.81. The topological polar surface area (TPSA) is 89.0 Å². The molecule has 0 saturated heterocycles. The number of fused-ring (bicyclic) bond motifs is 1. The molecular weight excluding hydrogens is 389 g/mol. The molecule has 0 aliphatic rings. The molecule has 0 spiro atoms. The molecule has 0 unspecified atom stereocenters. The maximum Gasteiger partial charge on any atom is 0.414 e. The fourth-order valence-corrected chi connectivity index (χ4v) is 3.14. The van der Waals surface area contributed by atoms with Gasteiger partial charge < -0.3 is 24.7 Å². The Labute approximate surface area is 173 Å². The van der Waals surface area contributed by atoms with Gasteiger partial charge in [-0.2, -0.15) is 0 Å². The molecule has 1 aromatic heterocycles. The molecule has 0 atom stereocenters. The quantitative estimate of drug-likeness (QED) is 0.510. The number of nitrogen functional groups attached to an aromatic ring is 1. The lowest BCUT2D eigenvalue weighted by Gasteiger charge is -2.17. The van der Waals surface area contributed by atoms with E-state index in [-0.39, 0.29) is 23.4 Å².